The second kappa shape index (κ2) is 8.31. The highest BCUT2D eigenvalue weighted by molar-refractivity contribution is 5.79. The molecule has 1 heterocycles. The number of fused-ring (bicyclic) bond motifs is 1. The SMILES string of the molecule is COc1ccc2c(c1)CCC(c1ccccc1)C2c1ccc(/C=C(\N)C=O)nc1. The van der Waals surface area contributed by atoms with E-state index in [9.17, 15) is 4.79 Å². The van der Waals surface area contributed by atoms with Crippen molar-refractivity contribution in [1.29, 1.82) is 0 Å². The summed E-state index contributed by atoms with van der Waals surface area (Å²) in [5.41, 5.74) is 11.6. The zero-order valence-corrected chi connectivity index (χ0v) is 16.4. The number of aromatic nitrogens is 1. The Kier molecular flexibility index (Phi) is 5.43. The second-order valence-electron chi connectivity index (χ2n) is 7.38. The Balaban J connectivity index is 1.78. The highest BCUT2D eigenvalue weighted by atomic mass is 16.5. The van der Waals surface area contributed by atoms with Crippen molar-refractivity contribution in [2.45, 2.75) is 24.7 Å². The first-order valence-electron chi connectivity index (χ1n) is 9.79. The molecule has 0 fully saturated rings. The third-order valence-electron chi connectivity index (χ3n) is 5.66. The van der Waals surface area contributed by atoms with E-state index in [1.54, 1.807) is 13.2 Å². The number of benzene rings is 2. The minimum absolute atomic E-state index is 0.169. The fraction of sp³-hybridized carbons (Fsp3) is 0.200. The Hall–Kier alpha value is -3.40. The van der Waals surface area contributed by atoms with Gasteiger partial charge in [0.1, 0.15) is 5.75 Å². The van der Waals surface area contributed by atoms with Crippen LogP contribution in [0.25, 0.3) is 6.08 Å². The van der Waals surface area contributed by atoms with Gasteiger partial charge >= 0.3 is 0 Å². The molecule has 3 aromatic rings. The molecule has 2 unspecified atom stereocenters. The Morgan fingerprint density at radius 1 is 1.10 bits per heavy atom. The quantitative estimate of drug-likeness (QED) is 0.521. The van der Waals surface area contributed by atoms with Gasteiger partial charge in [-0.15, -0.1) is 0 Å². The molecule has 0 amide bonds. The van der Waals surface area contributed by atoms with Crippen LogP contribution in [0.15, 0.2) is 72.6 Å². The van der Waals surface area contributed by atoms with Crippen molar-refractivity contribution in [1.82, 2.24) is 4.98 Å². The number of pyridine rings is 1. The van der Waals surface area contributed by atoms with Crippen molar-refractivity contribution < 1.29 is 9.53 Å². The molecule has 146 valence electrons. The second-order valence-corrected chi connectivity index (χ2v) is 7.38. The van der Waals surface area contributed by atoms with Gasteiger partial charge in [0.2, 0.25) is 0 Å². The maximum absolute atomic E-state index is 10.8. The van der Waals surface area contributed by atoms with E-state index < -0.39 is 0 Å². The standard InChI is InChI=1S/C25H24N2O2/c1-29-22-10-12-24-18(13-22)8-11-23(17-5-3-2-4-6-17)25(24)19-7-9-21(27-15-19)14-20(26)16-28/h2-7,9-10,12-16,23,25H,8,11,26H2,1H3/b20-14-. The lowest BCUT2D eigenvalue weighted by atomic mass is 9.69. The average Bonchev–Trinajstić information content (AvgIpc) is 2.79. The maximum Gasteiger partial charge on any atom is 0.165 e. The molecule has 0 saturated heterocycles. The molecule has 0 saturated carbocycles. The van der Waals surface area contributed by atoms with Crippen LogP contribution in [-0.4, -0.2) is 18.4 Å². The number of hydrogen-bond donors (Lipinski definition) is 1. The molecule has 4 nitrogen and oxygen atoms in total. The fourth-order valence-corrected chi connectivity index (χ4v) is 4.29. The highest BCUT2D eigenvalue weighted by Crippen LogP contribution is 2.46. The van der Waals surface area contributed by atoms with Gasteiger partial charge < -0.3 is 10.5 Å². The van der Waals surface area contributed by atoms with Gasteiger partial charge in [-0.25, -0.2) is 0 Å². The zero-order chi connectivity index (χ0) is 20.2. The lowest BCUT2D eigenvalue weighted by molar-refractivity contribution is -0.104. The summed E-state index contributed by atoms with van der Waals surface area (Å²) in [7, 11) is 1.70. The van der Waals surface area contributed by atoms with E-state index in [0.717, 1.165) is 24.2 Å². The zero-order valence-electron chi connectivity index (χ0n) is 16.4. The molecule has 0 spiro atoms. The number of hydrogen-bond acceptors (Lipinski definition) is 4. The predicted molar refractivity (Wildman–Crippen MR) is 115 cm³/mol. The van der Waals surface area contributed by atoms with Crippen molar-refractivity contribution >= 4 is 12.4 Å². The molecule has 2 atom stereocenters. The van der Waals surface area contributed by atoms with E-state index in [4.69, 9.17) is 10.5 Å². The van der Waals surface area contributed by atoms with Crippen molar-refractivity contribution in [3.63, 3.8) is 0 Å². The van der Waals surface area contributed by atoms with Gasteiger partial charge in [0.05, 0.1) is 18.5 Å². The van der Waals surface area contributed by atoms with Gasteiger partial charge in [0, 0.05) is 12.1 Å². The number of ether oxygens (including phenoxy) is 1. The summed E-state index contributed by atoms with van der Waals surface area (Å²) in [6, 6.07) is 21.1. The molecule has 1 aromatic heterocycles. The van der Waals surface area contributed by atoms with E-state index >= 15 is 0 Å². The van der Waals surface area contributed by atoms with Gasteiger partial charge in [0.15, 0.2) is 6.29 Å². The highest BCUT2D eigenvalue weighted by Gasteiger charge is 2.32. The number of aryl methyl sites for hydroxylation is 1. The van der Waals surface area contributed by atoms with Crippen molar-refractivity contribution in [3.05, 3.63) is 101 Å². The van der Waals surface area contributed by atoms with E-state index in [1.165, 1.54) is 16.7 Å². The summed E-state index contributed by atoms with van der Waals surface area (Å²) in [6.07, 6.45) is 6.21. The molecule has 0 bridgehead atoms. The number of nitrogens with two attached hydrogens (primary N) is 1. The summed E-state index contributed by atoms with van der Waals surface area (Å²) < 4.78 is 5.44. The lowest BCUT2D eigenvalue weighted by Crippen LogP contribution is -2.20. The van der Waals surface area contributed by atoms with Crippen molar-refractivity contribution in [2.24, 2.45) is 5.73 Å². The predicted octanol–water partition coefficient (Wildman–Crippen LogP) is 4.45. The lowest BCUT2D eigenvalue weighted by Gasteiger charge is -2.34. The minimum atomic E-state index is 0.169. The Labute approximate surface area is 171 Å². The first-order valence-corrected chi connectivity index (χ1v) is 9.79. The van der Waals surface area contributed by atoms with Gasteiger partial charge in [-0.2, -0.15) is 0 Å². The Bertz CT molecular complexity index is 1030. The van der Waals surface area contributed by atoms with Crippen LogP contribution in [0, 0.1) is 0 Å². The third-order valence-corrected chi connectivity index (χ3v) is 5.66. The largest absolute Gasteiger partial charge is 0.497 e. The van der Waals surface area contributed by atoms with Crippen LogP contribution in [0.5, 0.6) is 5.75 Å². The van der Waals surface area contributed by atoms with Gasteiger partial charge in [-0.1, -0.05) is 42.5 Å². The fourth-order valence-electron chi connectivity index (χ4n) is 4.29. The third kappa shape index (κ3) is 3.92. The van der Waals surface area contributed by atoms with E-state index in [0.29, 0.717) is 17.9 Å². The molecule has 2 N–H and O–H groups in total. The topological polar surface area (TPSA) is 65.2 Å². The van der Waals surface area contributed by atoms with Crippen LogP contribution >= 0.6 is 0 Å². The molecule has 1 aliphatic rings. The number of allylic oxidation sites excluding steroid dienone is 1. The number of carbonyl (C=O) groups excluding carboxylic acids is 1. The van der Waals surface area contributed by atoms with E-state index in [2.05, 4.69) is 53.5 Å². The van der Waals surface area contributed by atoms with Gasteiger partial charge in [0.25, 0.3) is 0 Å². The van der Waals surface area contributed by atoms with Crippen LogP contribution in [0.1, 0.15) is 46.2 Å². The van der Waals surface area contributed by atoms with E-state index in [1.807, 2.05) is 18.3 Å². The van der Waals surface area contributed by atoms with Crippen LogP contribution in [-0.2, 0) is 11.2 Å². The van der Waals surface area contributed by atoms with Crippen molar-refractivity contribution in [2.75, 3.05) is 7.11 Å². The van der Waals surface area contributed by atoms with Gasteiger partial charge in [-0.3, -0.25) is 9.78 Å². The Morgan fingerprint density at radius 2 is 1.93 bits per heavy atom. The number of rotatable bonds is 5. The summed E-state index contributed by atoms with van der Waals surface area (Å²) in [5.74, 6) is 1.48. The summed E-state index contributed by atoms with van der Waals surface area (Å²) >= 11 is 0. The molecule has 0 radical (unpaired) electrons. The molecule has 1 aliphatic carbocycles. The van der Waals surface area contributed by atoms with E-state index in [-0.39, 0.29) is 11.6 Å². The first kappa shape index (κ1) is 18.9. The smallest absolute Gasteiger partial charge is 0.165 e. The monoisotopic (exact) mass is 384 g/mol. The molecular formula is C25H24N2O2. The number of methoxy groups -OCH3 is 1. The summed E-state index contributed by atoms with van der Waals surface area (Å²) in [6.45, 7) is 0. The minimum Gasteiger partial charge on any atom is -0.497 e. The molecular weight excluding hydrogens is 360 g/mol. The molecule has 4 heteroatoms. The van der Waals surface area contributed by atoms with Crippen molar-refractivity contribution in [3.8, 4) is 5.75 Å². The number of nitrogens with zero attached hydrogens (tertiary/aromatic N) is 1. The van der Waals surface area contributed by atoms with Crippen LogP contribution < -0.4 is 10.5 Å². The molecule has 29 heavy (non-hydrogen) atoms. The normalized spacial score (nSPS) is 18.7. The van der Waals surface area contributed by atoms with Gasteiger partial charge in [-0.05, 0) is 65.3 Å². The number of carbonyl (C=O) groups is 1. The number of aldehydes is 1. The summed E-state index contributed by atoms with van der Waals surface area (Å²) in [5, 5.41) is 0. The maximum atomic E-state index is 10.8. The van der Waals surface area contributed by atoms with Crippen LogP contribution in [0.4, 0.5) is 0 Å². The Morgan fingerprint density at radius 3 is 2.62 bits per heavy atom. The van der Waals surface area contributed by atoms with Crippen LogP contribution in [0.3, 0.4) is 0 Å². The molecule has 2 aromatic carbocycles. The van der Waals surface area contributed by atoms with Crippen LogP contribution in [0.2, 0.25) is 0 Å². The first-order chi connectivity index (χ1) is 14.2. The molecule has 0 aliphatic heterocycles. The average molecular weight is 384 g/mol. The molecule has 4 rings (SSSR count). The summed E-state index contributed by atoms with van der Waals surface area (Å²) in [4.78, 5) is 15.3.